The molecule has 1 atom stereocenters. The first-order valence-corrected chi connectivity index (χ1v) is 14.1. The standard InChI is InChI=1S/C32H33FN4O5/c33-25-12-9-21(10-13-25)26(20-29(38)39)34-31(41)24-11-14-28(27(19-24)35-30(40)22-5-2-1-3-6-22)36-15-4-16-37(18-17-36)32(42)23-7-8-23/h1-3,5-6,9-14,19,23,26H,4,7-8,15-18,20H2,(H,34,41)(H,35,40)(H,38,39). The molecule has 3 aromatic rings. The Morgan fingerprint density at radius 1 is 0.857 bits per heavy atom. The molecule has 1 unspecified atom stereocenters. The highest BCUT2D eigenvalue weighted by Gasteiger charge is 2.34. The maximum atomic E-state index is 13.5. The molecule has 5 rings (SSSR count). The normalized spacial score (nSPS) is 15.8. The molecule has 1 aliphatic carbocycles. The predicted octanol–water partition coefficient (Wildman–Crippen LogP) is 4.47. The number of hydrogen-bond donors (Lipinski definition) is 3. The van der Waals surface area contributed by atoms with Gasteiger partial charge in [-0.1, -0.05) is 30.3 Å². The van der Waals surface area contributed by atoms with Crippen molar-refractivity contribution < 1.29 is 28.7 Å². The molecular weight excluding hydrogens is 539 g/mol. The number of anilines is 2. The van der Waals surface area contributed by atoms with Crippen molar-refractivity contribution >= 4 is 35.1 Å². The first-order chi connectivity index (χ1) is 20.3. The number of hydrogen-bond acceptors (Lipinski definition) is 5. The highest BCUT2D eigenvalue weighted by atomic mass is 19.1. The average molecular weight is 573 g/mol. The lowest BCUT2D eigenvalue weighted by molar-refractivity contribution is -0.137. The van der Waals surface area contributed by atoms with Gasteiger partial charge in [0.2, 0.25) is 5.91 Å². The van der Waals surface area contributed by atoms with Gasteiger partial charge in [-0.05, 0) is 67.3 Å². The predicted molar refractivity (Wildman–Crippen MR) is 156 cm³/mol. The van der Waals surface area contributed by atoms with Gasteiger partial charge >= 0.3 is 5.97 Å². The van der Waals surface area contributed by atoms with Crippen LogP contribution in [0, 0.1) is 11.7 Å². The Balaban J connectivity index is 1.40. The SMILES string of the molecule is O=C(O)CC(NC(=O)c1ccc(N2CCCN(C(=O)C3CC3)CC2)c(NC(=O)c2ccccc2)c1)c1ccc(F)cc1. The second kappa shape index (κ2) is 12.8. The van der Waals surface area contributed by atoms with E-state index in [0.717, 1.165) is 24.9 Å². The van der Waals surface area contributed by atoms with E-state index < -0.39 is 30.2 Å². The van der Waals surface area contributed by atoms with Gasteiger partial charge in [0.05, 0.1) is 23.8 Å². The fraction of sp³-hybridized carbons (Fsp3) is 0.312. The quantitative estimate of drug-likeness (QED) is 0.348. The number of nitrogens with one attached hydrogen (secondary N) is 2. The molecule has 0 bridgehead atoms. The molecule has 9 nitrogen and oxygen atoms in total. The van der Waals surface area contributed by atoms with E-state index in [-0.39, 0.29) is 23.3 Å². The third-order valence-electron chi connectivity index (χ3n) is 7.57. The van der Waals surface area contributed by atoms with E-state index in [2.05, 4.69) is 15.5 Å². The first kappa shape index (κ1) is 28.8. The number of carbonyl (C=O) groups is 4. The van der Waals surface area contributed by atoms with Crippen LogP contribution in [0.3, 0.4) is 0 Å². The van der Waals surface area contributed by atoms with E-state index >= 15 is 0 Å². The van der Waals surface area contributed by atoms with Gasteiger partial charge in [0.25, 0.3) is 11.8 Å². The Morgan fingerprint density at radius 2 is 1.60 bits per heavy atom. The number of carbonyl (C=O) groups excluding carboxylic acids is 3. The molecular formula is C32H33FN4O5. The lowest BCUT2D eigenvalue weighted by Gasteiger charge is -2.27. The van der Waals surface area contributed by atoms with E-state index in [0.29, 0.717) is 43.0 Å². The third-order valence-corrected chi connectivity index (χ3v) is 7.57. The minimum absolute atomic E-state index is 0.148. The molecule has 3 N–H and O–H groups in total. The lowest BCUT2D eigenvalue weighted by Crippen LogP contribution is -2.36. The summed E-state index contributed by atoms with van der Waals surface area (Å²) in [6.07, 6.45) is 2.28. The Bertz CT molecular complexity index is 1460. The van der Waals surface area contributed by atoms with Crippen LogP contribution in [0.2, 0.25) is 0 Å². The highest BCUT2D eigenvalue weighted by molar-refractivity contribution is 6.07. The molecule has 10 heteroatoms. The Morgan fingerprint density at radius 3 is 2.29 bits per heavy atom. The van der Waals surface area contributed by atoms with E-state index in [4.69, 9.17) is 0 Å². The molecule has 1 saturated carbocycles. The maximum absolute atomic E-state index is 13.5. The summed E-state index contributed by atoms with van der Waals surface area (Å²) in [7, 11) is 0. The molecule has 42 heavy (non-hydrogen) atoms. The molecule has 3 aromatic carbocycles. The average Bonchev–Trinajstić information content (AvgIpc) is 3.85. The Hall–Kier alpha value is -4.73. The summed E-state index contributed by atoms with van der Waals surface area (Å²) >= 11 is 0. The number of halogens is 1. The Kier molecular flexibility index (Phi) is 8.80. The van der Waals surface area contributed by atoms with Gasteiger partial charge in [-0.25, -0.2) is 4.39 Å². The van der Waals surface area contributed by atoms with Crippen LogP contribution in [-0.2, 0) is 9.59 Å². The van der Waals surface area contributed by atoms with Crippen molar-refractivity contribution in [1.82, 2.24) is 10.2 Å². The van der Waals surface area contributed by atoms with Crippen molar-refractivity contribution in [2.24, 2.45) is 5.92 Å². The molecule has 2 aliphatic rings. The highest BCUT2D eigenvalue weighted by Crippen LogP contribution is 2.33. The molecule has 218 valence electrons. The van der Waals surface area contributed by atoms with Crippen LogP contribution >= 0.6 is 0 Å². The fourth-order valence-corrected chi connectivity index (χ4v) is 5.17. The van der Waals surface area contributed by atoms with Gasteiger partial charge < -0.3 is 25.5 Å². The van der Waals surface area contributed by atoms with Crippen LogP contribution in [0.25, 0.3) is 0 Å². The van der Waals surface area contributed by atoms with Crippen molar-refractivity contribution in [2.45, 2.75) is 31.7 Å². The summed E-state index contributed by atoms with van der Waals surface area (Å²) in [6.45, 7) is 2.48. The van der Waals surface area contributed by atoms with E-state index in [9.17, 15) is 28.7 Å². The summed E-state index contributed by atoms with van der Waals surface area (Å²) in [5.41, 5.74) is 2.27. The smallest absolute Gasteiger partial charge is 0.305 e. The maximum Gasteiger partial charge on any atom is 0.305 e. The number of aliphatic carboxylic acids is 1. The molecule has 0 spiro atoms. The monoisotopic (exact) mass is 572 g/mol. The van der Waals surface area contributed by atoms with Crippen LogP contribution in [0.1, 0.15) is 58.0 Å². The van der Waals surface area contributed by atoms with Crippen LogP contribution in [-0.4, -0.2) is 59.9 Å². The minimum Gasteiger partial charge on any atom is -0.481 e. The summed E-state index contributed by atoms with van der Waals surface area (Å²) in [5.74, 6) is -2.11. The summed E-state index contributed by atoms with van der Waals surface area (Å²) in [5, 5.41) is 15.1. The van der Waals surface area contributed by atoms with Gasteiger partial charge in [-0.15, -0.1) is 0 Å². The molecule has 1 aliphatic heterocycles. The lowest BCUT2D eigenvalue weighted by atomic mass is 10.0. The van der Waals surface area contributed by atoms with Crippen LogP contribution < -0.4 is 15.5 Å². The molecule has 0 aromatic heterocycles. The minimum atomic E-state index is -1.12. The van der Waals surface area contributed by atoms with Gasteiger partial charge in [0, 0.05) is 43.2 Å². The molecule has 1 saturated heterocycles. The topological polar surface area (TPSA) is 119 Å². The molecule has 3 amide bonds. The number of amides is 3. The van der Waals surface area contributed by atoms with Crippen molar-refractivity contribution in [3.63, 3.8) is 0 Å². The van der Waals surface area contributed by atoms with Crippen molar-refractivity contribution in [3.8, 4) is 0 Å². The molecule has 0 radical (unpaired) electrons. The summed E-state index contributed by atoms with van der Waals surface area (Å²) < 4.78 is 13.5. The molecule has 2 fully saturated rings. The zero-order valence-corrected chi connectivity index (χ0v) is 23.1. The fourth-order valence-electron chi connectivity index (χ4n) is 5.17. The van der Waals surface area contributed by atoms with Crippen molar-refractivity contribution in [3.05, 3.63) is 95.3 Å². The van der Waals surface area contributed by atoms with Gasteiger partial charge in [-0.3, -0.25) is 19.2 Å². The zero-order chi connectivity index (χ0) is 29.6. The largest absolute Gasteiger partial charge is 0.481 e. The van der Waals surface area contributed by atoms with Crippen LogP contribution in [0.4, 0.5) is 15.8 Å². The van der Waals surface area contributed by atoms with Crippen molar-refractivity contribution in [1.29, 1.82) is 0 Å². The third kappa shape index (κ3) is 7.12. The van der Waals surface area contributed by atoms with Gasteiger partial charge in [0.1, 0.15) is 5.82 Å². The number of carboxylic acid groups (broad SMARTS) is 1. The van der Waals surface area contributed by atoms with E-state index in [1.54, 1.807) is 42.5 Å². The van der Waals surface area contributed by atoms with E-state index in [1.165, 1.54) is 24.3 Å². The second-order valence-corrected chi connectivity index (χ2v) is 10.7. The van der Waals surface area contributed by atoms with E-state index in [1.807, 2.05) is 11.0 Å². The molecule has 1 heterocycles. The van der Waals surface area contributed by atoms with Crippen LogP contribution in [0.15, 0.2) is 72.8 Å². The summed E-state index contributed by atoms with van der Waals surface area (Å²) in [6, 6.07) is 18.1. The second-order valence-electron chi connectivity index (χ2n) is 10.7. The number of nitrogens with zero attached hydrogens (tertiary/aromatic N) is 2. The van der Waals surface area contributed by atoms with Gasteiger partial charge in [0.15, 0.2) is 0 Å². The number of benzene rings is 3. The summed E-state index contributed by atoms with van der Waals surface area (Å²) in [4.78, 5) is 54.7. The first-order valence-electron chi connectivity index (χ1n) is 14.1. The Labute approximate surface area is 243 Å². The number of carboxylic acids is 1. The van der Waals surface area contributed by atoms with Gasteiger partial charge in [-0.2, -0.15) is 0 Å². The zero-order valence-electron chi connectivity index (χ0n) is 23.1. The van der Waals surface area contributed by atoms with Crippen molar-refractivity contribution in [2.75, 3.05) is 36.4 Å². The van der Waals surface area contributed by atoms with Crippen LogP contribution in [0.5, 0.6) is 0 Å². The number of rotatable bonds is 9.